The molecule has 0 N–H and O–H groups in total. The minimum absolute atomic E-state index is 0.0407. The van der Waals surface area contributed by atoms with Gasteiger partial charge in [0.05, 0.1) is 40.8 Å². The van der Waals surface area contributed by atoms with Crippen LogP contribution in [0.4, 0.5) is 24.5 Å². The molecule has 6 rings (SSSR count). The summed E-state index contributed by atoms with van der Waals surface area (Å²) >= 11 is 6.11. The molecule has 46 heavy (non-hydrogen) atoms. The third-order valence-corrected chi connectivity index (χ3v) is 8.49. The molecule has 0 saturated heterocycles. The number of halogens is 4. The van der Waals surface area contributed by atoms with Crippen LogP contribution in [0.25, 0.3) is 5.69 Å². The van der Waals surface area contributed by atoms with E-state index < -0.39 is 52.4 Å². The fourth-order valence-corrected chi connectivity index (χ4v) is 5.83. The maximum absolute atomic E-state index is 13.9. The molecule has 1 atom stereocenters. The van der Waals surface area contributed by atoms with Gasteiger partial charge in [0.2, 0.25) is 0 Å². The highest BCUT2D eigenvalue weighted by Gasteiger charge is 2.39. The van der Waals surface area contributed by atoms with Gasteiger partial charge in [-0.15, -0.1) is 0 Å². The summed E-state index contributed by atoms with van der Waals surface area (Å²) < 4.78 is 54.0. The van der Waals surface area contributed by atoms with Gasteiger partial charge in [-0.05, 0) is 67.6 Å². The van der Waals surface area contributed by atoms with Gasteiger partial charge in [0.25, 0.3) is 11.9 Å². The number of ether oxygens (including phenoxy) is 2. The summed E-state index contributed by atoms with van der Waals surface area (Å²) in [7, 11) is 1.91. The number of carbonyl (C=O) groups excluding carboxylic acids is 1. The number of hydrogen-bond acceptors (Lipinski definition) is 7. The van der Waals surface area contributed by atoms with E-state index in [1.165, 1.54) is 6.07 Å². The lowest BCUT2D eigenvalue weighted by Gasteiger charge is -2.31. The van der Waals surface area contributed by atoms with E-state index in [-0.39, 0.29) is 12.2 Å². The lowest BCUT2D eigenvalue weighted by atomic mass is 10.1. The average Bonchev–Trinajstić information content (AvgIpc) is 3.81. The van der Waals surface area contributed by atoms with E-state index >= 15 is 0 Å². The maximum atomic E-state index is 13.9. The molecule has 1 fully saturated rings. The Hall–Kier alpha value is -4.71. The highest BCUT2D eigenvalue weighted by molar-refractivity contribution is 6.32. The number of nitrogens with zero attached hydrogens (tertiary/aromatic N) is 4. The summed E-state index contributed by atoms with van der Waals surface area (Å²) in [5.74, 6) is 0.184. The number of hydrogen-bond donors (Lipinski definition) is 0. The monoisotopic (exact) mass is 654 g/mol. The first-order valence-electron chi connectivity index (χ1n) is 14.7. The third-order valence-electron chi connectivity index (χ3n) is 8.04. The molecule has 0 radical (unpaired) electrons. The van der Waals surface area contributed by atoms with Gasteiger partial charge >= 0.3 is 17.8 Å². The number of fused-ring (bicyclic) bond motifs is 1. The molecule has 0 amide bonds. The number of benzene rings is 3. The minimum Gasteiger partial charge on any atom is -0.462 e. The van der Waals surface area contributed by atoms with Crippen molar-refractivity contribution >= 4 is 28.9 Å². The summed E-state index contributed by atoms with van der Waals surface area (Å²) in [6.45, 7) is 1.62. The Labute approximate surface area is 266 Å². The molecule has 1 aliphatic carbocycles. The van der Waals surface area contributed by atoms with Gasteiger partial charge in [0, 0.05) is 19.8 Å². The Morgan fingerprint density at radius 2 is 1.74 bits per heavy atom. The van der Waals surface area contributed by atoms with Gasteiger partial charge in [-0.1, -0.05) is 41.9 Å². The van der Waals surface area contributed by atoms with E-state index in [0.29, 0.717) is 28.5 Å². The van der Waals surface area contributed by atoms with Gasteiger partial charge in [-0.3, -0.25) is 13.9 Å². The summed E-state index contributed by atoms with van der Waals surface area (Å²) in [5.41, 5.74) is -1.62. The lowest BCUT2D eigenvalue weighted by Crippen LogP contribution is -2.46. The van der Waals surface area contributed by atoms with E-state index in [0.717, 1.165) is 47.1 Å². The molecule has 240 valence electrons. The first kappa shape index (κ1) is 31.3. The fourth-order valence-electron chi connectivity index (χ4n) is 5.53. The van der Waals surface area contributed by atoms with Crippen LogP contribution in [0.2, 0.25) is 5.02 Å². The van der Waals surface area contributed by atoms with Crippen molar-refractivity contribution in [1.82, 2.24) is 9.13 Å². The summed E-state index contributed by atoms with van der Waals surface area (Å²) in [4.78, 5) is 44.4. The van der Waals surface area contributed by atoms with Crippen molar-refractivity contribution in [3.05, 3.63) is 115 Å². The second-order valence-electron chi connectivity index (χ2n) is 11.2. The number of anilines is 2. The van der Waals surface area contributed by atoms with Crippen LogP contribution < -0.4 is 25.8 Å². The maximum Gasteiger partial charge on any atom is 0.417 e. The van der Waals surface area contributed by atoms with E-state index in [2.05, 4.69) is 4.90 Å². The SMILES string of the molecule is CCOC(=O)c1cn(-c2ccc3c(c2)N(CC2CC2)C(Oc2ccccc2)N3C)c(=O)n(Cc2cccc(C(F)(F)F)c2Cl)c1=O. The average molecular weight is 655 g/mol. The molecule has 1 unspecified atom stereocenters. The highest BCUT2D eigenvalue weighted by Crippen LogP contribution is 2.43. The molecule has 4 aromatic rings. The zero-order valence-corrected chi connectivity index (χ0v) is 25.7. The molecule has 0 spiro atoms. The van der Waals surface area contributed by atoms with Crippen molar-refractivity contribution in [2.24, 2.45) is 5.92 Å². The quantitative estimate of drug-likeness (QED) is 0.207. The predicted molar refractivity (Wildman–Crippen MR) is 167 cm³/mol. The summed E-state index contributed by atoms with van der Waals surface area (Å²) in [5, 5.41) is -0.643. The Kier molecular flexibility index (Phi) is 8.32. The molecular weight excluding hydrogens is 625 g/mol. The number of esters is 1. The Morgan fingerprint density at radius 3 is 2.41 bits per heavy atom. The first-order valence-corrected chi connectivity index (χ1v) is 15.1. The number of carbonyl (C=O) groups is 1. The molecule has 1 saturated carbocycles. The van der Waals surface area contributed by atoms with E-state index in [9.17, 15) is 27.6 Å². The Bertz CT molecular complexity index is 1910. The van der Waals surface area contributed by atoms with Crippen LogP contribution in [0, 0.1) is 5.92 Å². The summed E-state index contributed by atoms with van der Waals surface area (Å²) in [6.07, 6.45) is -1.96. The molecule has 3 aromatic carbocycles. The number of rotatable bonds is 9. The van der Waals surface area contributed by atoms with Crippen LogP contribution >= 0.6 is 11.6 Å². The largest absolute Gasteiger partial charge is 0.462 e. The van der Waals surface area contributed by atoms with E-state index in [1.807, 2.05) is 48.3 Å². The van der Waals surface area contributed by atoms with Crippen molar-refractivity contribution in [3.63, 3.8) is 0 Å². The van der Waals surface area contributed by atoms with Crippen molar-refractivity contribution in [2.75, 3.05) is 30.0 Å². The van der Waals surface area contributed by atoms with E-state index in [4.69, 9.17) is 21.1 Å². The third kappa shape index (κ3) is 5.96. The molecule has 1 aliphatic heterocycles. The molecular formula is C33H30ClF3N4O5. The number of para-hydroxylation sites is 1. The van der Waals surface area contributed by atoms with Gasteiger partial charge in [-0.25, -0.2) is 9.59 Å². The minimum atomic E-state index is -4.75. The van der Waals surface area contributed by atoms with Crippen LogP contribution in [0.3, 0.4) is 0 Å². The molecule has 0 bridgehead atoms. The number of alkyl halides is 3. The van der Waals surface area contributed by atoms with Crippen LogP contribution in [0.1, 0.15) is 41.3 Å². The second-order valence-corrected chi connectivity index (χ2v) is 11.6. The van der Waals surface area contributed by atoms with Gasteiger partial charge in [0.15, 0.2) is 0 Å². The van der Waals surface area contributed by atoms with Crippen LogP contribution in [-0.4, -0.2) is 41.7 Å². The smallest absolute Gasteiger partial charge is 0.417 e. The fraction of sp³-hybridized carbons (Fsp3) is 0.303. The highest BCUT2D eigenvalue weighted by atomic mass is 35.5. The molecule has 2 aliphatic rings. The van der Waals surface area contributed by atoms with Crippen molar-refractivity contribution in [1.29, 1.82) is 0 Å². The number of aromatic nitrogens is 2. The summed E-state index contributed by atoms with van der Waals surface area (Å²) in [6, 6.07) is 17.9. The van der Waals surface area contributed by atoms with Gasteiger partial charge in [-0.2, -0.15) is 13.2 Å². The van der Waals surface area contributed by atoms with Crippen LogP contribution in [-0.2, 0) is 17.5 Å². The van der Waals surface area contributed by atoms with Gasteiger partial charge < -0.3 is 19.3 Å². The molecule has 9 nitrogen and oxygen atoms in total. The zero-order valence-electron chi connectivity index (χ0n) is 25.0. The normalized spacial score (nSPS) is 16.0. The first-order chi connectivity index (χ1) is 22.0. The molecule has 1 aromatic heterocycles. The van der Waals surface area contributed by atoms with E-state index in [1.54, 1.807) is 19.1 Å². The Balaban J connectivity index is 1.46. The topological polar surface area (TPSA) is 86.0 Å². The standard InChI is InChI=1S/C33H30ClF3N4O5/c1-3-45-30(43)24-19-39(31(44)41(29(24)42)18-21-8-7-11-25(28(21)34)33(35,36)37)22-14-15-26-27(16-22)40(17-20-12-13-20)32(38(26)2)46-23-9-5-4-6-10-23/h4-11,14-16,19-20,32H,3,12-13,17-18H2,1-2H3. The lowest BCUT2D eigenvalue weighted by molar-refractivity contribution is -0.137. The van der Waals surface area contributed by atoms with Crippen molar-refractivity contribution in [2.45, 2.75) is 38.8 Å². The second kappa shape index (κ2) is 12.2. The Morgan fingerprint density at radius 1 is 1.00 bits per heavy atom. The molecule has 13 heteroatoms. The van der Waals surface area contributed by atoms with Gasteiger partial charge in [0.1, 0.15) is 11.3 Å². The van der Waals surface area contributed by atoms with Crippen LogP contribution in [0.15, 0.2) is 82.5 Å². The zero-order chi connectivity index (χ0) is 32.7. The molecule has 2 heterocycles. The van der Waals surface area contributed by atoms with Crippen molar-refractivity contribution < 1.29 is 27.4 Å². The van der Waals surface area contributed by atoms with Crippen LogP contribution in [0.5, 0.6) is 5.75 Å². The van der Waals surface area contributed by atoms with Crippen molar-refractivity contribution in [3.8, 4) is 11.4 Å². The predicted octanol–water partition coefficient (Wildman–Crippen LogP) is 5.93.